The lowest BCUT2D eigenvalue weighted by Gasteiger charge is -2.38. The summed E-state index contributed by atoms with van der Waals surface area (Å²) >= 11 is 0. The Morgan fingerprint density at radius 3 is 2.50 bits per heavy atom. The maximum atomic E-state index is 13.1. The van der Waals surface area contributed by atoms with E-state index in [-0.39, 0.29) is 42.0 Å². The molecule has 2 N–H and O–H groups in total. The summed E-state index contributed by atoms with van der Waals surface area (Å²) in [6.45, 7) is 3.00. The van der Waals surface area contributed by atoms with Gasteiger partial charge in [0.2, 0.25) is 6.79 Å². The van der Waals surface area contributed by atoms with Crippen LogP contribution in [0.4, 0.5) is 4.39 Å². The number of hydrogen-bond donors (Lipinski definition) is 2. The second-order valence-electron chi connectivity index (χ2n) is 7.37. The fourth-order valence-electron chi connectivity index (χ4n) is 3.82. The van der Waals surface area contributed by atoms with Gasteiger partial charge >= 0.3 is 0 Å². The van der Waals surface area contributed by atoms with Crippen molar-refractivity contribution in [1.82, 2.24) is 10.6 Å². The highest BCUT2D eigenvalue weighted by atomic mass is 127. The smallest absolute Gasteiger partial charge is 0.231 e. The third-order valence-electron chi connectivity index (χ3n) is 5.63. The normalized spacial score (nSPS) is 17.2. The minimum Gasteiger partial charge on any atom is -0.454 e. The standard InChI is InChI=1S/C22H26FN3O3.HI/c1-24-21(25-13-16-2-5-18(23)6-3-16)26-14-22(8-10-27-11-9-22)17-4-7-19-20(12-17)29-15-28-19;/h2-7,12H,8-11,13-15H2,1H3,(H2,24,25,26);1H. The van der Waals surface area contributed by atoms with Gasteiger partial charge in [-0.1, -0.05) is 18.2 Å². The average molecular weight is 527 g/mol. The first kappa shape index (κ1) is 22.6. The number of ether oxygens (including phenoxy) is 3. The Hall–Kier alpha value is -2.07. The molecule has 2 aromatic rings. The summed E-state index contributed by atoms with van der Waals surface area (Å²) in [5, 5.41) is 6.76. The number of halogens is 2. The molecule has 0 saturated carbocycles. The van der Waals surface area contributed by atoms with Gasteiger partial charge in [0.15, 0.2) is 17.5 Å². The summed E-state index contributed by atoms with van der Waals surface area (Å²) in [5.41, 5.74) is 2.13. The van der Waals surface area contributed by atoms with Crippen molar-refractivity contribution in [3.8, 4) is 11.5 Å². The first-order valence-electron chi connectivity index (χ1n) is 9.85. The number of guanidine groups is 1. The first-order chi connectivity index (χ1) is 14.2. The highest BCUT2D eigenvalue weighted by molar-refractivity contribution is 14.0. The molecule has 2 aromatic carbocycles. The summed E-state index contributed by atoms with van der Waals surface area (Å²) in [6.07, 6.45) is 1.82. The highest BCUT2D eigenvalue weighted by Gasteiger charge is 2.35. The summed E-state index contributed by atoms with van der Waals surface area (Å²) in [6, 6.07) is 12.6. The zero-order valence-corrected chi connectivity index (χ0v) is 19.3. The van der Waals surface area contributed by atoms with Crippen molar-refractivity contribution in [2.75, 3.05) is 33.6 Å². The van der Waals surface area contributed by atoms with Crippen molar-refractivity contribution in [3.05, 3.63) is 59.4 Å². The SMILES string of the molecule is CN=C(NCc1ccc(F)cc1)NCC1(c2ccc3c(c2)OCO3)CCOCC1.I. The molecule has 6 nitrogen and oxygen atoms in total. The second-order valence-corrected chi connectivity index (χ2v) is 7.37. The molecule has 0 aromatic heterocycles. The number of benzene rings is 2. The monoisotopic (exact) mass is 527 g/mol. The molecule has 2 aliphatic heterocycles. The van der Waals surface area contributed by atoms with E-state index in [4.69, 9.17) is 14.2 Å². The van der Waals surface area contributed by atoms with Gasteiger partial charge in [-0.15, -0.1) is 24.0 Å². The van der Waals surface area contributed by atoms with Crippen LogP contribution in [-0.2, 0) is 16.7 Å². The van der Waals surface area contributed by atoms with Gasteiger partial charge in [-0.05, 0) is 48.2 Å². The Morgan fingerprint density at radius 2 is 1.77 bits per heavy atom. The van der Waals surface area contributed by atoms with E-state index >= 15 is 0 Å². The van der Waals surface area contributed by atoms with Crippen molar-refractivity contribution in [1.29, 1.82) is 0 Å². The Bertz CT molecular complexity index is 870. The maximum absolute atomic E-state index is 13.1. The molecule has 0 spiro atoms. The lowest BCUT2D eigenvalue weighted by atomic mass is 9.74. The van der Waals surface area contributed by atoms with Gasteiger partial charge in [-0.2, -0.15) is 0 Å². The quantitative estimate of drug-likeness (QED) is 0.354. The molecule has 0 radical (unpaired) electrons. The van der Waals surface area contributed by atoms with Gasteiger partial charge in [0.05, 0.1) is 0 Å². The number of hydrogen-bond acceptors (Lipinski definition) is 4. The molecule has 30 heavy (non-hydrogen) atoms. The number of nitrogens with one attached hydrogen (secondary N) is 2. The molecule has 2 aliphatic rings. The van der Waals surface area contributed by atoms with E-state index in [0.29, 0.717) is 12.5 Å². The van der Waals surface area contributed by atoms with Gasteiger partial charge in [0.25, 0.3) is 0 Å². The molecule has 162 valence electrons. The van der Waals surface area contributed by atoms with Crippen LogP contribution in [0.15, 0.2) is 47.5 Å². The van der Waals surface area contributed by atoms with Gasteiger partial charge in [-0.3, -0.25) is 4.99 Å². The fourth-order valence-corrected chi connectivity index (χ4v) is 3.82. The molecular formula is C22H27FIN3O3. The Balaban J connectivity index is 0.00000256. The molecule has 0 amide bonds. The second kappa shape index (κ2) is 10.3. The predicted octanol–water partition coefficient (Wildman–Crippen LogP) is 3.59. The topological polar surface area (TPSA) is 64.1 Å². The van der Waals surface area contributed by atoms with Crippen LogP contribution in [0, 0.1) is 5.82 Å². The lowest BCUT2D eigenvalue weighted by Crippen LogP contribution is -2.47. The number of aliphatic imine (C=N–C) groups is 1. The van der Waals surface area contributed by atoms with Crippen LogP contribution in [0.1, 0.15) is 24.0 Å². The van der Waals surface area contributed by atoms with Gasteiger partial charge in [-0.25, -0.2) is 4.39 Å². The number of fused-ring (bicyclic) bond motifs is 1. The molecule has 4 rings (SSSR count). The van der Waals surface area contributed by atoms with Gasteiger partial charge in [0, 0.05) is 38.8 Å². The van der Waals surface area contributed by atoms with Crippen LogP contribution in [0.3, 0.4) is 0 Å². The van der Waals surface area contributed by atoms with Gasteiger partial charge in [0.1, 0.15) is 5.82 Å². The van der Waals surface area contributed by atoms with E-state index < -0.39 is 0 Å². The average Bonchev–Trinajstić information content (AvgIpc) is 3.24. The minimum absolute atomic E-state index is 0. The van der Waals surface area contributed by atoms with E-state index in [1.807, 2.05) is 6.07 Å². The maximum Gasteiger partial charge on any atom is 0.231 e. The van der Waals surface area contributed by atoms with Crippen molar-refractivity contribution in [2.24, 2.45) is 4.99 Å². The van der Waals surface area contributed by atoms with Crippen LogP contribution in [0.2, 0.25) is 0 Å². The summed E-state index contributed by atoms with van der Waals surface area (Å²) < 4.78 is 29.7. The molecule has 0 bridgehead atoms. The van der Waals surface area contributed by atoms with Crippen molar-refractivity contribution in [3.63, 3.8) is 0 Å². The minimum atomic E-state index is -0.235. The molecule has 1 saturated heterocycles. The fraction of sp³-hybridized carbons (Fsp3) is 0.409. The molecule has 1 fully saturated rings. The molecule has 2 heterocycles. The van der Waals surface area contributed by atoms with Crippen LogP contribution in [0.25, 0.3) is 0 Å². The number of rotatable bonds is 5. The van der Waals surface area contributed by atoms with Crippen molar-refractivity contribution in [2.45, 2.75) is 24.8 Å². The molecule has 0 unspecified atom stereocenters. The number of nitrogens with zero attached hydrogens (tertiary/aromatic N) is 1. The molecule has 0 atom stereocenters. The van der Waals surface area contributed by atoms with E-state index in [0.717, 1.165) is 49.7 Å². The van der Waals surface area contributed by atoms with Crippen LogP contribution in [-0.4, -0.2) is 39.6 Å². The third-order valence-corrected chi connectivity index (χ3v) is 5.63. The molecular weight excluding hydrogens is 500 g/mol. The van der Waals surface area contributed by atoms with Crippen LogP contribution in [0.5, 0.6) is 11.5 Å². The zero-order chi connectivity index (χ0) is 20.1. The Morgan fingerprint density at radius 1 is 1.03 bits per heavy atom. The van der Waals surface area contributed by atoms with E-state index in [1.165, 1.54) is 17.7 Å². The van der Waals surface area contributed by atoms with Crippen molar-refractivity contribution < 1.29 is 18.6 Å². The van der Waals surface area contributed by atoms with Crippen molar-refractivity contribution >= 4 is 29.9 Å². The van der Waals surface area contributed by atoms with E-state index in [1.54, 1.807) is 19.2 Å². The predicted molar refractivity (Wildman–Crippen MR) is 124 cm³/mol. The highest BCUT2D eigenvalue weighted by Crippen LogP contribution is 2.40. The Labute approximate surface area is 193 Å². The first-order valence-corrected chi connectivity index (χ1v) is 9.85. The summed E-state index contributed by atoms with van der Waals surface area (Å²) in [7, 11) is 1.75. The summed E-state index contributed by atoms with van der Waals surface area (Å²) in [4.78, 5) is 4.33. The lowest BCUT2D eigenvalue weighted by molar-refractivity contribution is 0.0513. The largest absolute Gasteiger partial charge is 0.454 e. The van der Waals surface area contributed by atoms with E-state index in [9.17, 15) is 4.39 Å². The van der Waals surface area contributed by atoms with Crippen LogP contribution >= 0.6 is 24.0 Å². The summed E-state index contributed by atoms with van der Waals surface area (Å²) in [5.74, 6) is 2.07. The van der Waals surface area contributed by atoms with E-state index in [2.05, 4.69) is 27.8 Å². The third kappa shape index (κ3) is 5.15. The molecule has 8 heteroatoms. The molecule has 0 aliphatic carbocycles. The Kier molecular flexibility index (Phi) is 7.76. The van der Waals surface area contributed by atoms with Gasteiger partial charge < -0.3 is 24.8 Å². The van der Waals surface area contributed by atoms with Crippen LogP contribution < -0.4 is 20.1 Å². The zero-order valence-electron chi connectivity index (χ0n) is 16.9.